The van der Waals surface area contributed by atoms with Gasteiger partial charge >= 0.3 is 5.97 Å². The van der Waals surface area contributed by atoms with Crippen LogP contribution >= 0.6 is 27.5 Å². The van der Waals surface area contributed by atoms with Gasteiger partial charge in [0.15, 0.2) is 0 Å². The Kier molecular flexibility index (Phi) is 4.53. The van der Waals surface area contributed by atoms with Gasteiger partial charge in [0.05, 0.1) is 0 Å². The molecule has 0 radical (unpaired) electrons. The number of hydrogen-bond donors (Lipinski definition) is 1. The highest BCUT2D eigenvalue weighted by Gasteiger charge is 2.20. The van der Waals surface area contributed by atoms with Gasteiger partial charge in [-0.1, -0.05) is 34.5 Å². The third kappa shape index (κ3) is 2.65. The summed E-state index contributed by atoms with van der Waals surface area (Å²) in [5.74, 6) is -0.876. The van der Waals surface area contributed by atoms with E-state index in [0.717, 1.165) is 28.2 Å². The maximum Gasteiger partial charge on any atom is 0.352 e. The van der Waals surface area contributed by atoms with Crippen molar-refractivity contribution in [1.29, 1.82) is 0 Å². The standard InChI is InChI=1S/C14H15BrClNO2/c1-2-10-11-8-9(16)4-5-12(11)17(7-3-6-15)13(10)14(18)19/h4-5,8H,2-3,6-7H2,1H3,(H,18,19). The summed E-state index contributed by atoms with van der Waals surface area (Å²) < 4.78 is 1.88. The molecule has 0 saturated heterocycles. The number of carbonyl (C=O) groups is 1. The average Bonchev–Trinajstić information content (AvgIpc) is 2.69. The zero-order chi connectivity index (χ0) is 14.0. The molecule has 0 aliphatic rings. The molecule has 1 aromatic carbocycles. The van der Waals surface area contributed by atoms with Gasteiger partial charge < -0.3 is 9.67 Å². The molecule has 0 bridgehead atoms. The Morgan fingerprint density at radius 2 is 2.21 bits per heavy atom. The van der Waals surface area contributed by atoms with E-state index in [2.05, 4.69) is 15.9 Å². The molecular weight excluding hydrogens is 330 g/mol. The summed E-state index contributed by atoms with van der Waals surface area (Å²) in [6.07, 6.45) is 1.57. The highest BCUT2D eigenvalue weighted by atomic mass is 79.9. The van der Waals surface area contributed by atoms with Crippen LogP contribution in [0, 0.1) is 0 Å². The molecule has 19 heavy (non-hydrogen) atoms. The molecule has 2 aromatic rings. The number of nitrogens with zero attached hydrogens (tertiary/aromatic N) is 1. The van der Waals surface area contributed by atoms with E-state index >= 15 is 0 Å². The van der Waals surface area contributed by atoms with Gasteiger partial charge in [-0.05, 0) is 36.6 Å². The van der Waals surface area contributed by atoms with Crippen molar-refractivity contribution < 1.29 is 9.90 Å². The summed E-state index contributed by atoms with van der Waals surface area (Å²) in [5.41, 5.74) is 2.19. The Labute approximate surface area is 125 Å². The predicted molar refractivity (Wildman–Crippen MR) is 81.7 cm³/mol. The van der Waals surface area contributed by atoms with Crippen LogP contribution in [0.25, 0.3) is 10.9 Å². The number of carboxylic acids is 1. The molecular formula is C14H15BrClNO2. The Balaban J connectivity index is 2.74. The van der Waals surface area contributed by atoms with Crippen molar-refractivity contribution in [3.05, 3.63) is 34.5 Å². The first-order valence-electron chi connectivity index (χ1n) is 6.20. The van der Waals surface area contributed by atoms with E-state index in [0.29, 0.717) is 23.7 Å². The van der Waals surface area contributed by atoms with Crippen molar-refractivity contribution >= 4 is 44.4 Å². The van der Waals surface area contributed by atoms with Crippen LogP contribution in [-0.2, 0) is 13.0 Å². The highest BCUT2D eigenvalue weighted by molar-refractivity contribution is 9.09. The molecule has 0 spiro atoms. The van der Waals surface area contributed by atoms with Gasteiger partial charge in [0.1, 0.15) is 5.69 Å². The molecule has 1 aromatic heterocycles. The largest absolute Gasteiger partial charge is 0.477 e. The maximum atomic E-state index is 11.6. The van der Waals surface area contributed by atoms with E-state index in [9.17, 15) is 9.90 Å². The minimum absolute atomic E-state index is 0.390. The van der Waals surface area contributed by atoms with Gasteiger partial charge in [-0.25, -0.2) is 4.79 Å². The molecule has 5 heteroatoms. The molecule has 1 heterocycles. The van der Waals surface area contributed by atoms with E-state index in [1.165, 1.54) is 0 Å². The third-order valence-electron chi connectivity index (χ3n) is 3.20. The topological polar surface area (TPSA) is 42.2 Å². The first kappa shape index (κ1) is 14.4. The van der Waals surface area contributed by atoms with Crippen molar-refractivity contribution in [2.45, 2.75) is 26.3 Å². The number of benzene rings is 1. The first-order chi connectivity index (χ1) is 9.10. The molecule has 102 valence electrons. The van der Waals surface area contributed by atoms with Crippen LogP contribution in [0.5, 0.6) is 0 Å². The lowest BCUT2D eigenvalue weighted by atomic mass is 10.1. The summed E-state index contributed by atoms with van der Waals surface area (Å²) in [5, 5.41) is 11.9. The Morgan fingerprint density at radius 3 is 2.79 bits per heavy atom. The third-order valence-corrected chi connectivity index (χ3v) is 4.00. The first-order valence-corrected chi connectivity index (χ1v) is 7.70. The average molecular weight is 345 g/mol. The van der Waals surface area contributed by atoms with Crippen molar-refractivity contribution in [3.8, 4) is 0 Å². The second-order valence-electron chi connectivity index (χ2n) is 4.34. The van der Waals surface area contributed by atoms with Gasteiger partial charge in [0.25, 0.3) is 0 Å². The zero-order valence-electron chi connectivity index (χ0n) is 10.6. The Morgan fingerprint density at radius 1 is 1.47 bits per heavy atom. The number of hydrogen-bond acceptors (Lipinski definition) is 1. The van der Waals surface area contributed by atoms with Crippen LogP contribution in [0.1, 0.15) is 29.4 Å². The molecule has 1 N–H and O–H groups in total. The molecule has 0 unspecified atom stereocenters. The van der Waals surface area contributed by atoms with Gasteiger partial charge in [-0.2, -0.15) is 0 Å². The summed E-state index contributed by atoms with van der Waals surface area (Å²) >= 11 is 9.42. The fraction of sp³-hybridized carbons (Fsp3) is 0.357. The lowest BCUT2D eigenvalue weighted by molar-refractivity contribution is 0.0684. The Hall–Kier alpha value is -1.00. The second kappa shape index (κ2) is 5.97. The normalized spacial score (nSPS) is 11.1. The molecule has 0 amide bonds. The maximum absolute atomic E-state index is 11.6. The minimum atomic E-state index is -0.876. The Bertz CT molecular complexity index is 621. The lowest BCUT2D eigenvalue weighted by Gasteiger charge is -2.07. The smallest absolute Gasteiger partial charge is 0.352 e. The van der Waals surface area contributed by atoms with Crippen molar-refractivity contribution in [2.75, 3.05) is 5.33 Å². The molecule has 0 saturated carbocycles. The minimum Gasteiger partial charge on any atom is -0.477 e. The number of rotatable bonds is 5. The summed E-state index contributed by atoms with van der Waals surface area (Å²) in [7, 11) is 0. The van der Waals surface area contributed by atoms with Crippen LogP contribution in [0.3, 0.4) is 0 Å². The number of alkyl halides is 1. The zero-order valence-corrected chi connectivity index (χ0v) is 13.0. The fourth-order valence-corrected chi connectivity index (χ4v) is 2.87. The van der Waals surface area contributed by atoms with Crippen molar-refractivity contribution in [2.24, 2.45) is 0 Å². The quantitative estimate of drug-likeness (QED) is 0.820. The van der Waals surface area contributed by atoms with Gasteiger partial charge in [0.2, 0.25) is 0 Å². The van der Waals surface area contributed by atoms with Crippen LogP contribution < -0.4 is 0 Å². The van der Waals surface area contributed by atoms with Crippen LogP contribution in [-0.4, -0.2) is 21.0 Å². The lowest BCUT2D eigenvalue weighted by Crippen LogP contribution is -2.10. The second-order valence-corrected chi connectivity index (χ2v) is 5.57. The fourth-order valence-electron chi connectivity index (χ4n) is 2.45. The van der Waals surface area contributed by atoms with E-state index in [1.54, 1.807) is 6.07 Å². The molecule has 2 rings (SSSR count). The molecule has 0 aliphatic heterocycles. The van der Waals surface area contributed by atoms with Crippen molar-refractivity contribution in [1.82, 2.24) is 4.57 Å². The number of carboxylic acid groups (broad SMARTS) is 1. The van der Waals surface area contributed by atoms with E-state index in [4.69, 9.17) is 11.6 Å². The van der Waals surface area contributed by atoms with E-state index < -0.39 is 5.97 Å². The van der Waals surface area contributed by atoms with E-state index in [1.807, 2.05) is 23.6 Å². The summed E-state index contributed by atoms with van der Waals surface area (Å²) in [6, 6.07) is 5.56. The SMILES string of the molecule is CCc1c(C(=O)O)n(CCCBr)c2ccc(Cl)cc12. The molecule has 3 nitrogen and oxygen atoms in total. The van der Waals surface area contributed by atoms with Crippen LogP contribution in [0.2, 0.25) is 5.02 Å². The molecule has 0 fully saturated rings. The highest BCUT2D eigenvalue weighted by Crippen LogP contribution is 2.29. The number of fused-ring (bicyclic) bond motifs is 1. The van der Waals surface area contributed by atoms with Crippen LogP contribution in [0.15, 0.2) is 18.2 Å². The molecule has 0 atom stereocenters. The number of halogens is 2. The number of aromatic carboxylic acids is 1. The molecule has 0 aliphatic carbocycles. The van der Waals surface area contributed by atoms with Gasteiger partial charge in [-0.3, -0.25) is 0 Å². The predicted octanol–water partition coefficient (Wildman–Crippen LogP) is 4.34. The monoisotopic (exact) mass is 343 g/mol. The van der Waals surface area contributed by atoms with Gasteiger partial charge in [-0.15, -0.1) is 0 Å². The van der Waals surface area contributed by atoms with Crippen LogP contribution in [0.4, 0.5) is 0 Å². The van der Waals surface area contributed by atoms with E-state index in [-0.39, 0.29) is 0 Å². The van der Waals surface area contributed by atoms with Gasteiger partial charge in [0, 0.05) is 27.8 Å². The summed E-state index contributed by atoms with van der Waals surface area (Å²) in [6.45, 7) is 2.65. The summed E-state index contributed by atoms with van der Waals surface area (Å²) in [4.78, 5) is 11.6. The van der Waals surface area contributed by atoms with Crippen molar-refractivity contribution in [3.63, 3.8) is 0 Å². The number of aryl methyl sites for hydroxylation is 2. The number of aromatic nitrogens is 1.